The van der Waals surface area contributed by atoms with Crippen molar-refractivity contribution in [1.82, 2.24) is 20.1 Å². The van der Waals surface area contributed by atoms with Crippen molar-refractivity contribution in [3.05, 3.63) is 65.6 Å². The fourth-order valence-electron chi connectivity index (χ4n) is 5.17. The zero-order chi connectivity index (χ0) is 26.5. The van der Waals surface area contributed by atoms with Crippen molar-refractivity contribution in [2.24, 2.45) is 13.0 Å². The first kappa shape index (κ1) is 25.9. The van der Waals surface area contributed by atoms with Crippen molar-refractivity contribution < 1.29 is 19.4 Å². The third-order valence-electron chi connectivity index (χ3n) is 7.48. The lowest BCUT2D eigenvalue weighted by Crippen LogP contribution is -2.42. The Morgan fingerprint density at radius 3 is 2.89 bits per heavy atom. The molecule has 0 spiro atoms. The molecule has 2 aromatic heterocycles. The Bertz CT molecular complexity index is 1280. The Balaban J connectivity index is 1.03. The van der Waals surface area contributed by atoms with Crippen molar-refractivity contribution in [2.75, 3.05) is 18.5 Å². The predicted octanol–water partition coefficient (Wildman–Crippen LogP) is 3.84. The SMILES string of the molecule is Cn1cc(-c2cccc(C(=O)NC(CCOC3CC(CCc4ccc5c(n4)NCCC5)C3)C(=O)O)c2)cn1. The van der Waals surface area contributed by atoms with Crippen molar-refractivity contribution >= 4 is 17.7 Å². The van der Waals surface area contributed by atoms with Crippen LogP contribution in [0.2, 0.25) is 0 Å². The lowest BCUT2D eigenvalue weighted by Gasteiger charge is -2.35. The molecule has 1 atom stereocenters. The number of aryl methyl sites for hydroxylation is 3. The molecule has 200 valence electrons. The number of anilines is 1. The van der Waals surface area contributed by atoms with Crippen LogP contribution < -0.4 is 10.6 Å². The van der Waals surface area contributed by atoms with Gasteiger partial charge in [-0.15, -0.1) is 0 Å². The van der Waals surface area contributed by atoms with Crippen LogP contribution in [0.3, 0.4) is 0 Å². The molecule has 1 saturated carbocycles. The maximum atomic E-state index is 12.8. The largest absolute Gasteiger partial charge is 0.480 e. The smallest absolute Gasteiger partial charge is 0.326 e. The van der Waals surface area contributed by atoms with E-state index in [9.17, 15) is 14.7 Å². The van der Waals surface area contributed by atoms with Gasteiger partial charge in [-0.1, -0.05) is 18.2 Å². The van der Waals surface area contributed by atoms with Gasteiger partial charge in [-0.2, -0.15) is 5.10 Å². The first-order valence-corrected chi connectivity index (χ1v) is 13.4. The predicted molar refractivity (Wildman–Crippen MR) is 144 cm³/mol. The van der Waals surface area contributed by atoms with Crippen molar-refractivity contribution in [3.63, 3.8) is 0 Å². The number of pyridine rings is 1. The summed E-state index contributed by atoms with van der Waals surface area (Å²) in [5, 5.41) is 19.8. The van der Waals surface area contributed by atoms with Gasteiger partial charge in [0.1, 0.15) is 11.9 Å². The Kier molecular flexibility index (Phi) is 8.03. The number of hydrogen-bond donors (Lipinski definition) is 3. The van der Waals surface area contributed by atoms with E-state index in [2.05, 4.69) is 27.9 Å². The maximum absolute atomic E-state index is 12.8. The molecule has 1 unspecified atom stereocenters. The van der Waals surface area contributed by atoms with Gasteiger partial charge in [0, 0.05) is 49.6 Å². The lowest BCUT2D eigenvalue weighted by molar-refractivity contribution is -0.140. The number of fused-ring (bicyclic) bond motifs is 1. The molecule has 1 amide bonds. The van der Waals surface area contributed by atoms with Gasteiger partial charge in [-0.3, -0.25) is 9.48 Å². The Hall–Kier alpha value is -3.72. The number of carboxylic acids is 1. The normalized spacial score (nSPS) is 19.1. The first-order chi connectivity index (χ1) is 18.4. The van der Waals surface area contributed by atoms with Gasteiger partial charge < -0.3 is 20.5 Å². The molecule has 1 aliphatic carbocycles. The zero-order valence-electron chi connectivity index (χ0n) is 21.7. The summed E-state index contributed by atoms with van der Waals surface area (Å²) in [5.74, 6) is 0.166. The van der Waals surface area contributed by atoms with Crippen LogP contribution in [0.5, 0.6) is 0 Å². The third kappa shape index (κ3) is 6.39. The second-order valence-corrected chi connectivity index (χ2v) is 10.3. The fourth-order valence-corrected chi connectivity index (χ4v) is 5.17. The van der Waals surface area contributed by atoms with Gasteiger partial charge in [0.05, 0.1) is 12.3 Å². The molecule has 1 fully saturated rings. The number of aromatic nitrogens is 3. The highest BCUT2D eigenvalue weighted by molar-refractivity contribution is 5.97. The number of rotatable bonds is 11. The van der Waals surface area contributed by atoms with E-state index in [1.807, 2.05) is 19.3 Å². The third-order valence-corrected chi connectivity index (χ3v) is 7.48. The molecular formula is C29H35N5O4. The van der Waals surface area contributed by atoms with Crippen LogP contribution in [0.15, 0.2) is 48.8 Å². The summed E-state index contributed by atoms with van der Waals surface area (Å²) in [7, 11) is 1.83. The highest BCUT2D eigenvalue weighted by Gasteiger charge is 2.30. The van der Waals surface area contributed by atoms with Gasteiger partial charge in [0.15, 0.2) is 0 Å². The Labute approximate surface area is 222 Å². The lowest BCUT2D eigenvalue weighted by atomic mass is 9.79. The minimum Gasteiger partial charge on any atom is -0.480 e. The molecule has 38 heavy (non-hydrogen) atoms. The number of carboxylic acid groups (broad SMARTS) is 1. The van der Waals surface area contributed by atoms with Gasteiger partial charge >= 0.3 is 5.97 Å². The van der Waals surface area contributed by atoms with Crippen LogP contribution in [0, 0.1) is 5.92 Å². The molecule has 1 aliphatic heterocycles. The first-order valence-electron chi connectivity index (χ1n) is 13.4. The average Bonchev–Trinajstić information content (AvgIpc) is 3.34. The molecule has 0 radical (unpaired) electrons. The van der Waals surface area contributed by atoms with Crippen LogP contribution in [-0.4, -0.2) is 57.0 Å². The molecule has 3 heterocycles. The quantitative estimate of drug-likeness (QED) is 0.354. The number of hydrogen-bond acceptors (Lipinski definition) is 6. The highest BCUT2D eigenvalue weighted by Crippen LogP contribution is 2.34. The summed E-state index contributed by atoms with van der Waals surface area (Å²) >= 11 is 0. The summed E-state index contributed by atoms with van der Waals surface area (Å²) in [6.07, 6.45) is 10.2. The van der Waals surface area contributed by atoms with E-state index >= 15 is 0 Å². The van der Waals surface area contributed by atoms with Gasteiger partial charge in [-0.25, -0.2) is 9.78 Å². The molecule has 9 heteroatoms. The average molecular weight is 518 g/mol. The molecule has 2 aliphatic rings. The molecule has 0 bridgehead atoms. The second-order valence-electron chi connectivity index (χ2n) is 10.3. The number of amides is 1. The van der Waals surface area contributed by atoms with Crippen molar-refractivity contribution in [2.45, 2.75) is 57.1 Å². The van der Waals surface area contributed by atoms with Gasteiger partial charge in [0.25, 0.3) is 5.91 Å². The molecule has 5 rings (SSSR count). The standard InChI is InChI=1S/C29H35N5O4/c1-34-18-23(17-31-34)21-4-2-5-22(16-21)28(35)33-26(29(36)37)11-13-38-25-14-19(15-25)7-9-24-10-8-20-6-3-12-30-27(20)32-24/h2,4-5,8,10,16-19,25-26H,3,6-7,9,11-15H2,1H3,(H,30,32)(H,33,35)(H,36,37). The monoisotopic (exact) mass is 517 g/mol. The van der Waals surface area contributed by atoms with Gasteiger partial charge in [0.2, 0.25) is 0 Å². The van der Waals surface area contributed by atoms with E-state index in [1.54, 1.807) is 29.1 Å². The summed E-state index contributed by atoms with van der Waals surface area (Å²) in [4.78, 5) is 29.3. The Morgan fingerprint density at radius 2 is 2.11 bits per heavy atom. The second kappa shape index (κ2) is 11.8. The van der Waals surface area contributed by atoms with Crippen LogP contribution in [0.4, 0.5) is 5.82 Å². The van der Waals surface area contributed by atoms with E-state index in [-0.39, 0.29) is 12.5 Å². The molecule has 1 aromatic carbocycles. The van der Waals surface area contributed by atoms with E-state index in [0.29, 0.717) is 18.1 Å². The number of aliphatic carboxylic acids is 1. The summed E-state index contributed by atoms with van der Waals surface area (Å²) in [6.45, 7) is 1.29. The minimum absolute atomic E-state index is 0.152. The fraction of sp³-hybridized carbons (Fsp3) is 0.448. The highest BCUT2D eigenvalue weighted by atomic mass is 16.5. The summed E-state index contributed by atoms with van der Waals surface area (Å²) in [6, 6.07) is 10.4. The van der Waals surface area contributed by atoms with Crippen LogP contribution in [-0.2, 0) is 29.4 Å². The number of nitrogens with one attached hydrogen (secondary N) is 2. The van der Waals surface area contributed by atoms with E-state index in [4.69, 9.17) is 9.72 Å². The molecule has 9 nitrogen and oxygen atoms in total. The van der Waals surface area contributed by atoms with Crippen LogP contribution in [0.1, 0.15) is 53.7 Å². The van der Waals surface area contributed by atoms with Gasteiger partial charge in [-0.05, 0) is 73.8 Å². The number of nitrogens with zero attached hydrogens (tertiary/aromatic N) is 3. The number of carbonyl (C=O) groups is 2. The number of benzene rings is 1. The minimum atomic E-state index is -1.07. The van der Waals surface area contributed by atoms with Crippen LogP contribution in [0.25, 0.3) is 11.1 Å². The van der Waals surface area contributed by atoms with Crippen molar-refractivity contribution in [3.8, 4) is 11.1 Å². The summed E-state index contributed by atoms with van der Waals surface area (Å²) in [5.41, 5.74) is 4.59. The molecule has 3 aromatic rings. The maximum Gasteiger partial charge on any atom is 0.326 e. The number of carbonyl (C=O) groups excluding carboxylic acids is 1. The molecule has 3 N–H and O–H groups in total. The van der Waals surface area contributed by atoms with E-state index < -0.39 is 17.9 Å². The van der Waals surface area contributed by atoms with E-state index in [1.165, 1.54) is 5.56 Å². The van der Waals surface area contributed by atoms with Crippen molar-refractivity contribution in [1.29, 1.82) is 0 Å². The summed E-state index contributed by atoms with van der Waals surface area (Å²) < 4.78 is 7.62. The number of ether oxygens (including phenoxy) is 1. The molecular weight excluding hydrogens is 482 g/mol. The van der Waals surface area contributed by atoms with E-state index in [0.717, 1.165) is 67.7 Å². The Morgan fingerprint density at radius 1 is 1.24 bits per heavy atom. The topological polar surface area (TPSA) is 118 Å². The molecule has 0 saturated heterocycles. The zero-order valence-corrected chi connectivity index (χ0v) is 21.7. The van der Waals surface area contributed by atoms with Crippen LogP contribution >= 0.6 is 0 Å².